The lowest BCUT2D eigenvalue weighted by Crippen LogP contribution is -2.38. The fourth-order valence-corrected chi connectivity index (χ4v) is 3.85. The quantitative estimate of drug-likeness (QED) is 0.612. The van der Waals surface area contributed by atoms with Crippen LogP contribution in [0.25, 0.3) is 11.5 Å². The second-order valence-corrected chi connectivity index (χ2v) is 7.69. The molecule has 3 aromatic rings. The molecule has 0 radical (unpaired) electrons. The molecule has 0 saturated carbocycles. The number of rotatable bonds is 7. The van der Waals surface area contributed by atoms with E-state index in [1.54, 1.807) is 0 Å². The number of nitrogens with zero attached hydrogens (tertiary/aromatic N) is 4. The molecule has 7 nitrogen and oxygen atoms in total. The average molecular weight is 408 g/mol. The van der Waals surface area contributed by atoms with Gasteiger partial charge in [0.15, 0.2) is 5.82 Å². The van der Waals surface area contributed by atoms with Crippen LogP contribution in [0.15, 0.2) is 48.8 Å². The van der Waals surface area contributed by atoms with E-state index in [0.717, 1.165) is 56.3 Å². The van der Waals surface area contributed by atoms with Gasteiger partial charge < -0.3 is 14.6 Å². The number of aryl methyl sites for hydroxylation is 2. The minimum atomic E-state index is -0.0860. The number of ether oxygens (including phenoxy) is 1. The molecular formula is C23H29N5O2. The van der Waals surface area contributed by atoms with Gasteiger partial charge in [-0.3, -0.25) is 9.69 Å². The number of carbonyl (C=O) groups is 1. The average Bonchev–Trinajstić information content (AvgIpc) is 3.39. The topological polar surface area (TPSA) is 64.3 Å². The SMILES string of the molecule is Cc1cccc(-n2nc(C)c(C(=O)NCCCN3CCOCC3)c2-n2cccc2)c1. The van der Waals surface area contributed by atoms with Crippen molar-refractivity contribution < 1.29 is 9.53 Å². The summed E-state index contributed by atoms with van der Waals surface area (Å²) < 4.78 is 9.19. The standard InChI is InChI=1S/C23H29N5O2/c1-18-7-5-8-20(17-18)28-23(27-11-3-4-12-27)21(19(2)25-28)22(29)24-9-6-10-26-13-15-30-16-14-26/h3-5,7-8,11-12,17H,6,9-10,13-16H2,1-2H3,(H,24,29). The molecule has 30 heavy (non-hydrogen) atoms. The van der Waals surface area contributed by atoms with Crippen LogP contribution in [-0.4, -0.2) is 64.5 Å². The van der Waals surface area contributed by atoms with E-state index in [-0.39, 0.29) is 5.91 Å². The monoisotopic (exact) mass is 407 g/mol. The molecule has 1 N–H and O–H groups in total. The van der Waals surface area contributed by atoms with Gasteiger partial charge in [-0.05, 0) is 56.6 Å². The van der Waals surface area contributed by atoms with Crippen LogP contribution in [0.5, 0.6) is 0 Å². The lowest BCUT2D eigenvalue weighted by molar-refractivity contribution is 0.0374. The van der Waals surface area contributed by atoms with E-state index in [1.165, 1.54) is 0 Å². The maximum atomic E-state index is 13.1. The van der Waals surface area contributed by atoms with Crippen LogP contribution in [-0.2, 0) is 4.74 Å². The number of nitrogens with one attached hydrogen (secondary N) is 1. The largest absolute Gasteiger partial charge is 0.379 e. The van der Waals surface area contributed by atoms with E-state index in [2.05, 4.69) is 29.3 Å². The molecule has 0 unspecified atom stereocenters. The summed E-state index contributed by atoms with van der Waals surface area (Å²) in [6, 6.07) is 12.0. The van der Waals surface area contributed by atoms with Crippen molar-refractivity contribution in [3.8, 4) is 11.5 Å². The van der Waals surface area contributed by atoms with Crippen molar-refractivity contribution in [3.63, 3.8) is 0 Å². The first-order chi connectivity index (χ1) is 14.6. The van der Waals surface area contributed by atoms with Gasteiger partial charge in [0.2, 0.25) is 0 Å². The van der Waals surface area contributed by atoms with Crippen LogP contribution >= 0.6 is 0 Å². The van der Waals surface area contributed by atoms with Gasteiger partial charge in [0.1, 0.15) is 5.56 Å². The molecule has 0 aliphatic carbocycles. The summed E-state index contributed by atoms with van der Waals surface area (Å²) in [7, 11) is 0. The maximum Gasteiger partial charge on any atom is 0.256 e. The first kappa shape index (κ1) is 20.4. The summed E-state index contributed by atoms with van der Waals surface area (Å²) >= 11 is 0. The van der Waals surface area contributed by atoms with E-state index in [0.29, 0.717) is 17.8 Å². The molecule has 1 amide bonds. The van der Waals surface area contributed by atoms with Gasteiger partial charge in [0, 0.05) is 32.0 Å². The van der Waals surface area contributed by atoms with E-state index >= 15 is 0 Å². The molecule has 1 fully saturated rings. The first-order valence-electron chi connectivity index (χ1n) is 10.5. The predicted octanol–water partition coefficient (Wildman–Crippen LogP) is 2.73. The molecule has 7 heteroatoms. The van der Waals surface area contributed by atoms with Crippen molar-refractivity contribution in [1.29, 1.82) is 0 Å². The summed E-state index contributed by atoms with van der Waals surface area (Å²) in [5, 5.41) is 7.81. The molecule has 1 aliphatic rings. The third-order valence-corrected chi connectivity index (χ3v) is 5.40. The summed E-state index contributed by atoms with van der Waals surface area (Å²) in [5.74, 6) is 0.672. The second-order valence-electron chi connectivity index (χ2n) is 7.69. The van der Waals surface area contributed by atoms with Crippen LogP contribution in [0, 0.1) is 13.8 Å². The van der Waals surface area contributed by atoms with Crippen molar-refractivity contribution in [3.05, 3.63) is 65.6 Å². The Balaban J connectivity index is 1.54. The van der Waals surface area contributed by atoms with Crippen molar-refractivity contribution in [1.82, 2.24) is 24.6 Å². The van der Waals surface area contributed by atoms with E-state index < -0.39 is 0 Å². The van der Waals surface area contributed by atoms with E-state index in [4.69, 9.17) is 9.84 Å². The van der Waals surface area contributed by atoms with Crippen molar-refractivity contribution in [2.24, 2.45) is 0 Å². The molecule has 1 aromatic carbocycles. The molecule has 0 atom stereocenters. The number of morpholine rings is 1. The van der Waals surface area contributed by atoms with Crippen molar-refractivity contribution in [2.75, 3.05) is 39.4 Å². The van der Waals surface area contributed by atoms with Crippen LogP contribution < -0.4 is 5.32 Å². The lowest BCUT2D eigenvalue weighted by Gasteiger charge is -2.26. The highest BCUT2D eigenvalue weighted by molar-refractivity contribution is 5.98. The number of hydrogen-bond acceptors (Lipinski definition) is 4. The Morgan fingerprint density at radius 2 is 1.90 bits per heavy atom. The fraction of sp³-hybridized carbons (Fsp3) is 0.391. The van der Waals surface area contributed by atoms with Crippen LogP contribution in [0.1, 0.15) is 28.0 Å². The lowest BCUT2D eigenvalue weighted by atomic mass is 10.2. The summed E-state index contributed by atoms with van der Waals surface area (Å²) in [4.78, 5) is 15.5. The van der Waals surface area contributed by atoms with Gasteiger partial charge in [-0.2, -0.15) is 5.10 Å². The van der Waals surface area contributed by atoms with Gasteiger partial charge in [-0.15, -0.1) is 0 Å². The molecule has 1 saturated heterocycles. The normalized spacial score (nSPS) is 14.7. The highest BCUT2D eigenvalue weighted by atomic mass is 16.5. The Morgan fingerprint density at radius 1 is 1.13 bits per heavy atom. The predicted molar refractivity (Wildman–Crippen MR) is 117 cm³/mol. The minimum Gasteiger partial charge on any atom is -0.379 e. The van der Waals surface area contributed by atoms with Gasteiger partial charge in [-0.25, -0.2) is 4.68 Å². The van der Waals surface area contributed by atoms with Crippen LogP contribution in [0.2, 0.25) is 0 Å². The number of amides is 1. The number of carbonyl (C=O) groups excluding carboxylic acids is 1. The van der Waals surface area contributed by atoms with Gasteiger partial charge in [-0.1, -0.05) is 12.1 Å². The molecular weight excluding hydrogens is 378 g/mol. The number of benzene rings is 1. The first-order valence-corrected chi connectivity index (χ1v) is 10.5. The number of hydrogen-bond donors (Lipinski definition) is 1. The van der Waals surface area contributed by atoms with Crippen molar-refractivity contribution in [2.45, 2.75) is 20.3 Å². The molecule has 2 aromatic heterocycles. The Hall–Kier alpha value is -2.90. The minimum absolute atomic E-state index is 0.0860. The van der Waals surface area contributed by atoms with Gasteiger partial charge in [0.05, 0.1) is 24.6 Å². The molecule has 3 heterocycles. The summed E-state index contributed by atoms with van der Waals surface area (Å²) in [5.41, 5.74) is 3.41. The van der Waals surface area contributed by atoms with Crippen LogP contribution in [0.4, 0.5) is 0 Å². The Kier molecular flexibility index (Phi) is 6.30. The second kappa shape index (κ2) is 9.28. The zero-order chi connectivity index (χ0) is 20.9. The zero-order valence-corrected chi connectivity index (χ0v) is 17.7. The maximum absolute atomic E-state index is 13.1. The summed E-state index contributed by atoms with van der Waals surface area (Å²) in [6.45, 7) is 9.07. The third-order valence-electron chi connectivity index (χ3n) is 5.40. The fourth-order valence-electron chi connectivity index (χ4n) is 3.85. The molecule has 1 aliphatic heterocycles. The zero-order valence-electron chi connectivity index (χ0n) is 17.7. The molecule has 4 rings (SSSR count). The highest BCUT2D eigenvalue weighted by Gasteiger charge is 2.23. The van der Waals surface area contributed by atoms with Gasteiger partial charge in [0.25, 0.3) is 5.91 Å². The van der Waals surface area contributed by atoms with Crippen LogP contribution in [0.3, 0.4) is 0 Å². The van der Waals surface area contributed by atoms with E-state index in [9.17, 15) is 4.79 Å². The third kappa shape index (κ3) is 4.47. The molecule has 158 valence electrons. The highest BCUT2D eigenvalue weighted by Crippen LogP contribution is 2.23. The Labute approximate surface area is 177 Å². The Bertz CT molecular complexity index is 987. The number of aromatic nitrogens is 3. The molecule has 0 spiro atoms. The molecule has 0 bridgehead atoms. The van der Waals surface area contributed by atoms with E-state index in [1.807, 2.05) is 52.8 Å². The van der Waals surface area contributed by atoms with Gasteiger partial charge >= 0.3 is 0 Å². The smallest absolute Gasteiger partial charge is 0.256 e. The summed E-state index contributed by atoms with van der Waals surface area (Å²) in [6.07, 6.45) is 4.80. The Morgan fingerprint density at radius 3 is 2.63 bits per heavy atom. The van der Waals surface area contributed by atoms with Crippen molar-refractivity contribution >= 4 is 5.91 Å².